The lowest BCUT2D eigenvalue weighted by molar-refractivity contribution is 0.0670. The molecule has 0 aromatic carbocycles. The summed E-state index contributed by atoms with van der Waals surface area (Å²) in [4.78, 5) is 23.0. The van der Waals surface area contributed by atoms with Crippen LogP contribution < -0.4 is 0 Å². The Bertz CT molecular complexity index is 1150. The van der Waals surface area contributed by atoms with Gasteiger partial charge in [0.2, 0.25) is 0 Å². The predicted octanol–water partition coefficient (Wildman–Crippen LogP) is 2.09. The number of carbonyl (C=O) groups is 1. The molecule has 0 aliphatic carbocycles. The smallest absolute Gasteiger partial charge is 0.289 e. The highest BCUT2D eigenvalue weighted by Crippen LogP contribution is 2.32. The number of furan rings is 1. The van der Waals surface area contributed by atoms with Crippen LogP contribution in [0.3, 0.4) is 0 Å². The molecule has 1 amide bonds. The van der Waals surface area contributed by atoms with Crippen LogP contribution >= 0.6 is 0 Å². The Labute approximate surface area is 168 Å². The van der Waals surface area contributed by atoms with E-state index in [0.717, 1.165) is 37.7 Å². The van der Waals surface area contributed by atoms with Crippen LogP contribution in [0.1, 0.15) is 54.1 Å². The summed E-state index contributed by atoms with van der Waals surface area (Å²) in [5.74, 6) is 1.07. The van der Waals surface area contributed by atoms with Crippen LogP contribution in [-0.2, 0) is 16.3 Å². The number of hydrogen-bond acceptors (Lipinski definition) is 7. The van der Waals surface area contributed by atoms with Crippen LogP contribution in [-0.4, -0.2) is 58.2 Å². The number of amides is 1. The topological polar surface area (TPSA) is 111 Å². The van der Waals surface area contributed by atoms with E-state index in [9.17, 15) is 13.2 Å². The number of likely N-dealkylation sites (tertiary alicyclic amines) is 1. The predicted molar refractivity (Wildman–Crippen MR) is 104 cm³/mol. The molecule has 9 nitrogen and oxygen atoms in total. The summed E-state index contributed by atoms with van der Waals surface area (Å²) in [6.07, 6.45) is 7.05. The number of aryl methyl sites for hydroxylation is 1. The van der Waals surface area contributed by atoms with Crippen molar-refractivity contribution in [1.29, 1.82) is 0 Å². The largest absolute Gasteiger partial charge is 0.456 e. The van der Waals surface area contributed by atoms with Gasteiger partial charge in [0, 0.05) is 31.7 Å². The second-order valence-corrected chi connectivity index (χ2v) is 9.34. The van der Waals surface area contributed by atoms with Crippen LogP contribution in [0, 0.1) is 0 Å². The molecule has 4 heterocycles. The Kier molecular flexibility index (Phi) is 5.12. The molecule has 1 atom stereocenters. The zero-order valence-electron chi connectivity index (χ0n) is 16.4. The van der Waals surface area contributed by atoms with E-state index in [4.69, 9.17) is 4.42 Å². The van der Waals surface area contributed by atoms with Gasteiger partial charge in [0.1, 0.15) is 17.0 Å². The molecule has 29 heavy (non-hydrogen) atoms. The zero-order chi connectivity index (χ0) is 20.6. The molecule has 10 heteroatoms. The molecule has 0 N–H and O–H groups in total. The van der Waals surface area contributed by atoms with Crippen LogP contribution in [0.25, 0.3) is 5.78 Å². The number of sulfone groups is 1. The number of hydrogen-bond donors (Lipinski definition) is 0. The molecule has 0 radical (unpaired) electrons. The van der Waals surface area contributed by atoms with Gasteiger partial charge in [0.15, 0.2) is 15.6 Å². The van der Waals surface area contributed by atoms with Crippen LogP contribution in [0.15, 0.2) is 34.0 Å². The van der Waals surface area contributed by atoms with E-state index in [1.165, 1.54) is 17.0 Å². The van der Waals surface area contributed by atoms with Crippen LogP contribution in [0.4, 0.5) is 0 Å². The molecule has 1 saturated heterocycles. The molecule has 1 aliphatic rings. The zero-order valence-corrected chi connectivity index (χ0v) is 17.2. The van der Waals surface area contributed by atoms with Gasteiger partial charge in [-0.25, -0.2) is 13.4 Å². The average Bonchev–Trinajstić information content (AvgIpc) is 3.35. The van der Waals surface area contributed by atoms with Gasteiger partial charge >= 0.3 is 0 Å². The molecular formula is C19H23N5O4S. The average molecular weight is 417 g/mol. The minimum Gasteiger partial charge on any atom is -0.456 e. The minimum absolute atomic E-state index is 0.123. The maximum Gasteiger partial charge on any atom is 0.289 e. The Morgan fingerprint density at radius 3 is 2.90 bits per heavy atom. The molecule has 0 saturated carbocycles. The first kappa shape index (κ1) is 19.6. The molecule has 0 bridgehead atoms. The molecule has 1 aliphatic heterocycles. The summed E-state index contributed by atoms with van der Waals surface area (Å²) in [6.45, 7) is 3.03. The third-order valence-electron chi connectivity index (χ3n) is 5.17. The van der Waals surface area contributed by atoms with E-state index in [-0.39, 0.29) is 16.7 Å². The van der Waals surface area contributed by atoms with Gasteiger partial charge in [-0.1, -0.05) is 6.92 Å². The fourth-order valence-electron chi connectivity index (χ4n) is 3.85. The fourth-order valence-corrected chi connectivity index (χ4v) is 4.73. The first-order valence-corrected chi connectivity index (χ1v) is 11.5. The molecule has 3 aromatic heterocycles. The molecule has 1 fully saturated rings. The SMILES string of the molecule is CCCc1ccc(C(=O)N2CCC[C@H](c3c(S(C)(=O)=O)cnc4ncnn34)C2)o1. The van der Waals surface area contributed by atoms with Gasteiger partial charge in [0.05, 0.1) is 11.9 Å². The van der Waals surface area contributed by atoms with Crippen molar-refractivity contribution < 1.29 is 17.6 Å². The van der Waals surface area contributed by atoms with Gasteiger partial charge in [-0.05, 0) is 31.4 Å². The molecule has 4 rings (SSSR count). The third-order valence-corrected chi connectivity index (χ3v) is 6.28. The monoisotopic (exact) mass is 417 g/mol. The van der Waals surface area contributed by atoms with Crippen molar-refractivity contribution in [3.8, 4) is 0 Å². The number of rotatable bonds is 5. The molecule has 0 spiro atoms. The lowest BCUT2D eigenvalue weighted by Crippen LogP contribution is -2.39. The van der Waals surface area contributed by atoms with Crippen molar-refractivity contribution >= 4 is 21.5 Å². The molecular weight excluding hydrogens is 394 g/mol. The van der Waals surface area contributed by atoms with Crippen molar-refractivity contribution in [1.82, 2.24) is 24.5 Å². The fraction of sp³-hybridized carbons (Fsp3) is 0.474. The maximum absolute atomic E-state index is 13.0. The number of fused-ring (bicyclic) bond motifs is 1. The van der Waals surface area contributed by atoms with Crippen molar-refractivity contribution in [3.63, 3.8) is 0 Å². The van der Waals surface area contributed by atoms with Crippen molar-refractivity contribution in [2.24, 2.45) is 0 Å². The van der Waals surface area contributed by atoms with E-state index in [2.05, 4.69) is 22.0 Å². The summed E-state index contributed by atoms with van der Waals surface area (Å²) in [5.41, 5.74) is 0.526. The van der Waals surface area contributed by atoms with E-state index in [1.54, 1.807) is 11.0 Å². The number of aromatic nitrogens is 4. The summed E-state index contributed by atoms with van der Waals surface area (Å²) < 4.78 is 31.9. The lowest BCUT2D eigenvalue weighted by atomic mass is 9.94. The first-order chi connectivity index (χ1) is 13.9. The Hall–Kier alpha value is -2.75. The Morgan fingerprint density at radius 2 is 2.14 bits per heavy atom. The molecule has 0 unspecified atom stereocenters. The van der Waals surface area contributed by atoms with Crippen molar-refractivity contribution in [3.05, 3.63) is 41.9 Å². The summed E-state index contributed by atoms with van der Waals surface area (Å²) >= 11 is 0. The maximum atomic E-state index is 13.0. The van der Waals surface area contributed by atoms with Gasteiger partial charge < -0.3 is 9.32 Å². The normalized spacial score (nSPS) is 17.7. The Morgan fingerprint density at radius 1 is 1.31 bits per heavy atom. The molecule has 154 valence electrons. The first-order valence-electron chi connectivity index (χ1n) is 9.65. The third kappa shape index (κ3) is 3.76. The van der Waals surface area contributed by atoms with Crippen LogP contribution in [0.5, 0.6) is 0 Å². The summed E-state index contributed by atoms with van der Waals surface area (Å²) in [7, 11) is -3.52. The van der Waals surface area contributed by atoms with Gasteiger partial charge in [-0.3, -0.25) is 4.79 Å². The van der Waals surface area contributed by atoms with Gasteiger partial charge in [-0.15, -0.1) is 0 Å². The van der Waals surface area contributed by atoms with E-state index >= 15 is 0 Å². The highest BCUT2D eigenvalue weighted by Gasteiger charge is 2.32. The number of carbonyl (C=O) groups excluding carboxylic acids is 1. The van der Waals surface area contributed by atoms with Gasteiger partial charge in [0.25, 0.3) is 11.7 Å². The van der Waals surface area contributed by atoms with E-state index < -0.39 is 9.84 Å². The number of nitrogens with zero attached hydrogens (tertiary/aromatic N) is 5. The van der Waals surface area contributed by atoms with E-state index in [0.29, 0.717) is 30.3 Å². The van der Waals surface area contributed by atoms with Gasteiger partial charge in [-0.2, -0.15) is 14.6 Å². The summed E-state index contributed by atoms with van der Waals surface area (Å²) in [5, 5.41) is 4.18. The summed E-state index contributed by atoms with van der Waals surface area (Å²) in [6, 6.07) is 3.54. The standard InChI is InChI=1S/C19H23N5O4S/c1-3-5-14-7-8-15(28-14)18(25)23-9-4-6-13(11-23)17-16(29(2,26)27)10-20-19-21-12-22-24(17)19/h7-8,10,12-13H,3-6,9,11H2,1-2H3/t13-/m0/s1. The van der Waals surface area contributed by atoms with Crippen molar-refractivity contribution in [2.75, 3.05) is 19.3 Å². The van der Waals surface area contributed by atoms with Crippen molar-refractivity contribution in [2.45, 2.75) is 43.4 Å². The highest BCUT2D eigenvalue weighted by molar-refractivity contribution is 7.90. The highest BCUT2D eigenvalue weighted by atomic mass is 32.2. The lowest BCUT2D eigenvalue weighted by Gasteiger charge is -2.33. The quantitative estimate of drug-likeness (QED) is 0.625. The molecule has 3 aromatic rings. The van der Waals surface area contributed by atoms with Crippen LogP contribution in [0.2, 0.25) is 0 Å². The second kappa shape index (κ2) is 7.58. The van der Waals surface area contributed by atoms with E-state index in [1.807, 2.05) is 6.07 Å². The second-order valence-electron chi connectivity index (χ2n) is 7.36. The Balaban J connectivity index is 1.66. The minimum atomic E-state index is -3.52. The number of piperidine rings is 1.